The molecular formula is C20H20F3N3O3S. The minimum Gasteiger partial charge on any atom is -0.497 e. The van der Waals surface area contributed by atoms with Crippen LogP contribution in [0.4, 0.5) is 13.2 Å². The molecule has 0 saturated heterocycles. The van der Waals surface area contributed by atoms with Crippen LogP contribution in [-0.4, -0.2) is 35.8 Å². The third kappa shape index (κ3) is 4.53. The Bertz CT molecular complexity index is 1060. The van der Waals surface area contributed by atoms with Crippen LogP contribution in [0.25, 0.3) is 11.0 Å². The number of amides is 1. The lowest BCUT2D eigenvalue weighted by atomic mass is 10.2. The van der Waals surface area contributed by atoms with E-state index in [0.717, 1.165) is 38.8 Å². The Balaban J connectivity index is 1.34. The van der Waals surface area contributed by atoms with Crippen LogP contribution in [0.5, 0.6) is 10.8 Å². The van der Waals surface area contributed by atoms with Crippen LogP contribution in [-0.2, 0) is 4.79 Å². The highest BCUT2D eigenvalue weighted by Crippen LogP contribution is 2.47. The van der Waals surface area contributed by atoms with Crippen LogP contribution >= 0.6 is 11.3 Å². The second-order valence-electron chi connectivity index (χ2n) is 7.24. The number of nitrogens with one attached hydrogen (secondary N) is 2. The number of methoxy groups -OCH3 is 1. The van der Waals surface area contributed by atoms with Gasteiger partial charge in [-0.15, -0.1) is 11.3 Å². The molecule has 1 saturated carbocycles. The van der Waals surface area contributed by atoms with Gasteiger partial charge >= 0.3 is 6.18 Å². The van der Waals surface area contributed by atoms with Gasteiger partial charge in [0.15, 0.2) is 11.7 Å². The summed E-state index contributed by atoms with van der Waals surface area (Å²) in [7, 11) is 1.60. The highest BCUT2D eigenvalue weighted by molar-refractivity contribution is 7.13. The van der Waals surface area contributed by atoms with Gasteiger partial charge in [-0.2, -0.15) is 13.2 Å². The zero-order valence-corrected chi connectivity index (χ0v) is 17.1. The molecule has 30 heavy (non-hydrogen) atoms. The van der Waals surface area contributed by atoms with Gasteiger partial charge in [0, 0.05) is 22.8 Å². The molecular weight excluding hydrogens is 419 g/mol. The van der Waals surface area contributed by atoms with E-state index in [1.54, 1.807) is 20.1 Å². The first-order chi connectivity index (χ1) is 14.2. The molecule has 4 rings (SSSR count). The lowest BCUT2D eigenvalue weighted by Gasteiger charge is -2.12. The van der Waals surface area contributed by atoms with Gasteiger partial charge in [0.05, 0.1) is 24.2 Å². The summed E-state index contributed by atoms with van der Waals surface area (Å²) >= 11 is 1.09. The van der Waals surface area contributed by atoms with Gasteiger partial charge in [-0.05, 0) is 37.6 Å². The number of hydrogen-bond donors (Lipinski definition) is 2. The van der Waals surface area contributed by atoms with E-state index in [1.807, 2.05) is 18.2 Å². The standard InChI is InChI=1S/C20H20F3N3O3S/c1-10(16-5-6-17(30-16)29-9-20(21,22)23)24-19(27)13-8-12(13)18-25-14-4-3-11(28-2)7-15(14)26-18/h3-7,10,12-13H,8-9H2,1-2H3,(H,24,27)(H,25,26). The third-order valence-electron chi connectivity index (χ3n) is 4.95. The zero-order chi connectivity index (χ0) is 21.5. The summed E-state index contributed by atoms with van der Waals surface area (Å²) in [6, 6.07) is 8.38. The molecule has 3 atom stereocenters. The van der Waals surface area contributed by atoms with Gasteiger partial charge in [0.25, 0.3) is 0 Å². The van der Waals surface area contributed by atoms with E-state index in [2.05, 4.69) is 15.3 Å². The second-order valence-corrected chi connectivity index (χ2v) is 8.32. The highest BCUT2D eigenvalue weighted by Gasteiger charge is 2.46. The Hall–Kier alpha value is -2.75. The van der Waals surface area contributed by atoms with Gasteiger partial charge in [-0.3, -0.25) is 4.79 Å². The first-order valence-corrected chi connectivity index (χ1v) is 10.2. The van der Waals surface area contributed by atoms with Crippen molar-refractivity contribution in [3.63, 3.8) is 0 Å². The number of hydrogen-bond acceptors (Lipinski definition) is 5. The van der Waals surface area contributed by atoms with Crippen LogP contribution in [0.2, 0.25) is 0 Å². The number of H-pyrrole nitrogens is 1. The molecule has 3 aromatic rings. The second kappa shape index (κ2) is 7.82. The van der Waals surface area contributed by atoms with Crippen molar-refractivity contribution < 1.29 is 27.4 Å². The largest absolute Gasteiger partial charge is 0.497 e. The van der Waals surface area contributed by atoms with Crippen molar-refractivity contribution in [1.82, 2.24) is 15.3 Å². The molecule has 0 spiro atoms. The smallest absolute Gasteiger partial charge is 0.422 e. The van der Waals surface area contributed by atoms with Crippen molar-refractivity contribution in [2.45, 2.75) is 31.5 Å². The Morgan fingerprint density at radius 2 is 2.17 bits per heavy atom. The topological polar surface area (TPSA) is 76.2 Å². The van der Waals surface area contributed by atoms with E-state index >= 15 is 0 Å². The van der Waals surface area contributed by atoms with Crippen molar-refractivity contribution in [1.29, 1.82) is 0 Å². The molecule has 1 aliphatic carbocycles. The van der Waals surface area contributed by atoms with Gasteiger partial charge in [0.1, 0.15) is 11.6 Å². The van der Waals surface area contributed by atoms with Crippen molar-refractivity contribution in [2.24, 2.45) is 5.92 Å². The zero-order valence-electron chi connectivity index (χ0n) is 16.2. The summed E-state index contributed by atoms with van der Waals surface area (Å²) in [5, 5.41) is 3.10. The molecule has 2 aromatic heterocycles. The molecule has 1 amide bonds. The average molecular weight is 439 g/mol. The fourth-order valence-corrected chi connectivity index (χ4v) is 4.15. The molecule has 1 fully saturated rings. The number of alkyl halides is 3. The minimum absolute atomic E-state index is 0.0182. The Labute approximate surface area is 174 Å². The lowest BCUT2D eigenvalue weighted by Crippen LogP contribution is -2.28. The number of imidazole rings is 1. The summed E-state index contributed by atoms with van der Waals surface area (Å²) in [4.78, 5) is 21.2. The van der Waals surface area contributed by atoms with Crippen LogP contribution in [0, 0.1) is 5.92 Å². The number of aromatic amines is 1. The molecule has 160 valence electrons. The van der Waals surface area contributed by atoms with Crippen LogP contribution < -0.4 is 14.8 Å². The number of nitrogens with zero attached hydrogens (tertiary/aromatic N) is 1. The number of rotatable bonds is 7. The number of halogens is 3. The summed E-state index contributed by atoms with van der Waals surface area (Å²) in [5.74, 6) is 1.23. The number of benzene rings is 1. The summed E-state index contributed by atoms with van der Waals surface area (Å²) < 4.78 is 46.8. The van der Waals surface area contributed by atoms with Crippen molar-refractivity contribution in [3.05, 3.63) is 41.0 Å². The third-order valence-corrected chi connectivity index (χ3v) is 6.13. The van der Waals surface area contributed by atoms with Gasteiger partial charge in [0.2, 0.25) is 5.91 Å². The molecule has 0 bridgehead atoms. The van der Waals surface area contributed by atoms with E-state index in [9.17, 15) is 18.0 Å². The fourth-order valence-electron chi connectivity index (χ4n) is 3.29. The van der Waals surface area contributed by atoms with Crippen LogP contribution in [0.15, 0.2) is 30.3 Å². The highest BCUT2D eigenvalue weighted by atomic mass is 32.1. The predicted octanol–water partition coefficient (Wildman–Crippen LogP) is 4.56. The van der Waals surface area contributed by atoms with Crippen molar-refractivity contribution >= 4 is 28.3 Å². The Morgan fingerprint density at radius 1 is 1.37 bits per heavy atom. The van der Waals surface area contributed by atoms with E-state index in [0.29, 0.717) is 6.42 Å². The Kier molecular flexibility index (Phi) is 5.35. The number of ether oxygens (including phenoxy) is 2. The maximum atomic E-state index is 12.6. The van der Waals surface area contributed by atoms with E-state index in [1.165, 1.54) is 6.07 Å². The van der Waals surface area contributed by atoms with E-state index in [-0.39, 0.29) is 28.8 Å². The van der Waals surface area contributed by atoms with Gasteiger partial charge in [-0.1, -0.05) is 0 Å². The van der Waals surface area contributed by atoms with Crippen LogP contribution in [0.1, 0.15) is 36.0 Å². The maximum absolute atomic E-state index is 12.6. The van der Waals surface area contributed by atoms with Crippen LogP contribution in [0.3, 0.4) is 0 Å². The number of aromatic nitrogens is 2. The predicted molar refractivity (Wildman–Crippen MR) is 106 cm³/mol. The molecule has 1 aromatic carbocycles. The number of carbonyl (C=O) groups excluding carboxylic acids is 1. The first kappa shape index (κ1) is 20.5. The van der Waals surface area contributed by atoms with Gasteiger partial charge < -0.3 is 19.8 Å². The van der Waals surface area contributed by atoms with Gasteiger partial charge in [-0.25, -0.2) is 4.98 Å². The molecule has 2 N–H and O–H groups in total. The molecule has 1 aliphatic rings. The number of fused-ring (bicyclic) bond motifs is 1. The molecule has 6 nitrogen and oxygen atoms in total. The lowest BCUT2D eigenvalue weighted by molar-refractivity contribution is -0.152. The maximum Gasteiger partial charge on any atom is 0.422 e. The number of thiophene rings is 1. The SMILES string of the molecule is COc1ccc2nc(C3CC3C(=O)NC(C)c3ccc(OCC(F)(F)F)s3)[nH]c2c1. The quantitative estimate of drug-likeness (QED) is 0.566. The molecule has 10 heteroatoms. The molecule has 0 radical (unpaired) electrons. The van der Waals surface area contributed by atoms with Crippen molar-refractivity contribution in [2.75, 3.05) is 13.7 Å². The average Bonchev–Trinajstić information content (AvgIpc) is 3.16. The van der Waals surface area contributed by atoms with E-state index < -0.39 is 12.8 Å². The normalized spacial score (nSPS) is 19.5. The fraction of sp³-hybridized carbons (Fsp3) is 0.400. The molecule has 3 unspecified atom stereocenters. The molecule has 0 aliphatic heterocycles. The Morgan fingerprint density at radius 3 is 2.90 bits per heavy atom. The molecule has 2 heterocycles. The van der Waals surface area contributed by atoms with E-state index in [4.69, 9.17) is 9.47 Å². The monoisotopic (exact) mass is 439 g/mol. The minimum atomic E-state index is -4.38. The summed E-state index contributed by atoms with van der Waals surface area (Å²) in [5.41, 5.74) is 1.67. The first-order valence-electron chi connectivity index (χ1n) is 9.37. The van der Waals surface area contributed by atoms with Crippen molar-refractivity contribution in [3.8, 4) is 10.8 Å². The number of carbonyl (C=O) groups is 1. The summed E-state index contributed by atoms with van der Waals surface area (Å²) in [6.45, 7) is 0.461. The summed E-state index contributed by atoms with van der Waals surface area (Å²) in [6.07, 6.45) is -3.69.